The molecule has 0 aliphatic rings. The molecule has 1 unspecified atom stereocenters. The fraction of sp³-hybridized carbons (Fsp3) is 0.200. The SMILES string of the molecule is COc1ccc(C(N)c2ccc(OC)c(Cl)c2)c(F)c1. The van der Waals surface area contributed by atoms with Gasteiger partial charge < -0.3 is 15.2 Å². The number of hydrogen-bond donors (Lipinski definition) is 1. The number of benzene rings is 2. The van der Waals surface area contributed by atoms with E-state index in [2.05, 4.69) is 0 Å². The number of hydrogen-bond acceptors (Lipinski definition) is 3. The highest BCUT2D eigenvalue weighted by atomic mass is 35.5. The highest BCUT2D eigenvalue weighted by molar-refractivity contribution is 6.32. The maximum absolute atomic E-state index is 14.0. The Bertz CT molecular complexity index is 619. The zero-order chi connectivity index (χ0) is 14.7. The maximum atomic E-state index is 14.0. The van der Waals surface area contributed by atoms with E-state index in [0.717, 1.165) is 0 Å². The lowest BCUT2D eigenvalue weighted by molar-refractivity contribution is 0.410. The largest absolute Gasteiger partial charge is 0.497 e. The molecule has 0 saturated heterocycles. The Kier molecular flexibility index (Phi) is 4.47. The first-order chi connectivity index (χ1) is 9.56. The van der Waals surface area contributed by atoms with E-state index in [4.69, 9.17) is 26.8 Å². The molecule has 0 aromatic heterocycles. The number of nitrogens with two attached hydrogens (primary N) is 1. The van der Waals surface area contributed by atoms with Crippen LogP contribution in [0.4, 0.5) is 4.39 Å². The summed E-state index contributed by atoms with van der Waals surface area (Å²) in [6.07, 6.45) is 0. The lowest BCUT2D eigenvalue weighted by atomic mass is 9.99. The smallest absolute Gasteiger partial charge is 0.137 e. The molecule has 2 rings (SSSR count). The summed E-state index contributed by atoms with van der Waals surface area (Å²) in [6, 6.07) is 9.12. The van der Waals surface area contributed by atoms with Crippen LogP contribution in [0.1, 0.15) is 17.2 Å². The molecule has 2 aromatic carbocycles. The summed E-state index contributed by atoms with van der Waals surface area (Å²) < 4.78 is 24.0. The molecule has 0 aliphatic heterocycles. The summed E-state index contributed by atoms with van der Waals surface area (Å²) in [6.45, 7) is 0. The predicted molar refractivity (Wildman–Crippen MR) is 77.0 cm³/mol. The van der Waals surface area contributed by atoms with Gasteiger partial charge in [-0.05, 0) is 23.8 Å². The van der Waals surface area contributed by atoms with Crippen molar-refractivity contribution in [3.8, 4) is 11.5 Å². The molecule has 106 valence electrons. The van der Waals surface area contributed by atoms with Gasteiger partial charge in [-0.1, -0.05) is 23.7 Å². The van der Waals surface area contributed by atoms with Crippen LogP contribution < -0.4 is 15.2 Å². The number of ether oxygens (including phenoxy) is 2. The van der Waals surface area contributed by atoms with E-state index in [9.17, 15) is 4.39 Å². The van der Waals surface area contributed by atoms with Crippen molar-refractivity contribution in [2.45, 2.75) is 6.04 Å². The normalized spacial score (nSPS) is 12.1. The summed E-state index contributed by atoms with van der Waals surface area (Å²) in [5.41, 5.74) is 7.18. The monoisotopic (exact) mass is 295 g/mol. The second-order valence-electron chi connectivity index (χ2n) is 4.26. The van der Waals surface area contributed by atoms with Crippen molar-refractivity contribution >= 4 is 11.6 Å². The van der Waals surface area contributed by atoms with E-state index >= 15 is 0 Å². The number of rotatable bonds is 4. The van der Waals surface area contributed by atoms with E-state index in [-0.39, 0.29) is 0 Å². The summed E-state index contributed by atoms with van der Waals surface area (Å²) in [5.74, 6) is 0.591. The molecule has 0 fully saturated rings. The molecule has 2 N–H and O–H groups in total. The van der Waals surface area contributed by atoms with Gasteiger partial charge in [0.25, 0.3) is 0 Å². The Hall–Kier alpha value is -1.78. The summed E-state index contributed by atoms with van der Waals surface area (Å²) in [5, 5.41) is 0.439. The van der Waals surface area contributed by atoms with Crippen LogP contribution in [-0.2, 0) is 0 Å². The Labute approximate surface area is 122 Å². The van der Waals surface area contributed by atoms with Crippen molar-refractivity contribution in [2.75, 3.05) is 14.2 Å². The van der Waals surface area contributed by atoms with Gasteiger partial charge in [-0.15, -0.1) is 0 Å². The van der Waals surface area contributed by atoms with Crippen molar-refractivity contribution in [1.29, 1.82) is 0 Å². The van der Waals surface area contributed by atoms with Crippen molar-refractivity contribution in [3.63, 3.8) is 0 Å². The van der Waals surface area contributed by atoms with Crippen LogP contribution in [0.3, 0.4) is 0 Å². The van der Waals surface area contributed by atoms with Crippen LogP contribution in [0, 0.1) is 5.82 Å². The molecular formula is C15H15ClFNO2. The van der Waals surface area contributed by atoms with Gasteiger partial charge in [0.2, 0.25) is 0 Å². The highest BCUT2D eigenvalue weighted by Gasteiger charge is 2.15. The predicted octanol–water partition coefficient (Wildman–Crippen LogP) is 3.54. The third-order valence-corrected chi connectivity index (χ3v) is 3.37. The first-order valence-corrected chi connectivity index (χ1v) is 6.37. The quantitative estimate of drug-likeness (QED) is 0.938. The Morgan fingerprint density at radius 1 is 1.10 bits per heavy atom. The molecule has 0 saturated carbocycles. The Morgan fingerprint density at radius 3 is 2.40 bits per heavy atom. The fourth-order valence-electron chi connectivity index (χ4n) is 1.94. The van der Waals surface area contributed by atoms with Crippen LogP contribution in [0.5, 0.6) is 11.5 Å². The van der Waals surface area contributed by atoms with Gasteiger partial charge in [0.15, 0.2) is 0 Å². The lowest BCUT2D eigenvalue weighted by Crippen LogP contribution is -2.13. The molecule has 20 heavy (non-hydrogen) atoms. The minimum atomic E-state index is -0.607. The molecule has 0 bridgehead atoms. The van der Waals surface area contributed by atoms with Gasteiger partial charge >= 0.3 is 0 Å². The van der Waals surface area contributed by atoms with Crippen LogP contribution >= 0.6 is 11.6 Å². The van der Waals surface area contributed by atoms with Crippen molar-refractivity contribution in [2.24, 2.45) is 5.73 Å². The molecule has 0 radical (unpaired) electrons. The van der Waals surface area contributed by atoms with Gasteiger partial charge in [-0.3, -0.25) is 0 Å². The second-order valence-corrected chi connectivity index (χ2v) is 4.67. The summed E-state index contributed by atoms with van der Waals surface area (Å²) in [7, 11) is 3.02. The molecular weight excluding hydrogens is 281 g/mol. The zero-order valence-electron chi connectivity index (χ0n) is 11.2. The van der Waals surface area contributed by atoms with Crippen molar-refractivity contribution in [3.05, 3.63) is 58.4 Å². The van der Waals surface area contributed by atoms with Crippen LogP contribution in [-0.4, -0.2) is 14.2 Å². The molecule has 0 amide bonds. The van der Waals surface area contributed by atoms with E-state index in [1.807, 2.05) is 0 Å². The molecule has 0 heterocycles. The molecule has 0 spiro atoms. The first-order valence-electron chi connectivity index (χ1n) is 5.99. The van der Waals surface area contributed by atoms with E-state index in [1.54, 1.807) is 30.3 Å². The topological polar surface area (TPSA) is 44.5 Å². The van der Waals surface area contributed by atoms with Crippen LogP contribution in [0.15, 0.2) is 36.4 Å². The van der Waals surface area contributed by atoms with E-state index in [1.165, 1.54) is 20.3 Å². The minimum absolute atomic E-state index is 0.382. The highest BCUT2D eigenvalue weighted by Crippen LogP contribution is 2.30. The summed E-state index contributed by atoms with van der Waals surface area (Å²) >= 11 is 6.05. The average Bonchev–Trinajstić information content (AvgIpc) is 2.46. The molecule has 2 aromatic rings. The average molecular weight is 296 g/mol. The second kappa shape index (κ2) is 6.11. The minimum Gasteiger partial charge on any atom is -0.497 e. The Morgan fingerprint density at radius 2 is 1.85 bits per heavy atom. The molecule has 5 heteroatoms. The van der Waals surface area contributed by atoms with Crippen molar-refractivity contribution < 1.29 is 13.9 Å². The van der Waals surface area contributed by atoms with Gasteiger partial charge in [0.05, 0.1) is 25.3 Å². The molecule has 0 aliphatic carbocycles. The van der Waals surface area contributed by atoms with E-state index in [0.29, 0.717) is 27.6 Å². The first kappa shape index (κ1) is 14.6. The lowest BCUT2D eigenvalue weighted by Gasteiger charge is -2.15. The third-order valence-electron chi connectivity index (χ3n) is 3.08. The zero-order valence-corrected chi connectivity index (χ0v) is 11.9. The maximum Gasteiger partial charge on any atom is 0.137 e. The number of halogens is 2. The number of methoxy groups -OCH3 is 2. The standard InChI is InChI=1S/C15H15ClFNO2/c1-19-10-4-5-11(13(17)8-10)15(18)9-3-6-14(20-2)12(16)7-9/h3-8,15H,18H2,1-2H3. The third kappa shape index (κ3) is 2.86. The van der Waals surface area contributed by atoms with Crippen LogP contribution in [0.2, 0.25) is 5.02 Å². The van der Waals surface area contributed by atoms with Crippen LogP contribution in [0.25, 0.3) is 0 Å². The van der Waals surface area contributed by atoms with Gasteiger partial charge in [0, 0.05) is 11.6 Å². The summed E-state index contributed by atoms with van der Waals surface area (Å²) in [4.78, 5) is 0. The fourth-order valence-corrected chi connectivity index (χ4v) is 2.21. The van der Waals surface area contributed by atoms with Crippen molar-refractivity contribution in [1.82, 2.24) is 0 Å². The molecule has 1 atom stereocenters. The Balaban J connectivity index is 2.35. The van der Waals surface area contributed by atoms with E-state index < -0.39 is 11.9 Å². The van der Waals surface area contributed by atoms with Gasteiger partial charge in [-0.2, -0.15) is 0 Å². The van der Waals surface area contributed by atoms with Gasteiger partial charge in [-0.25, -0.2) is 4.39 Å². The van der Waals surface area contributed by atoms with Gasteiger partial charge in [0.1, 0.15) is 17.3 Å². The molecule has 3 nitrogen and oxygen atoms in total.